The first-order valence-corrected chi connectivity index (χ1v) is 9.52. The first-order valence-electron chi connectivity index (χ1n) is 9.15. The minimum atomic E-state index is -0.494. The maximum atomic E-state index is 12.2. The van der Waals surface area contributed by atoms with Crippen LogP contribution in [0.2, 0.25) is 5.02 Å². The van der Waals surface area contributed by atoms with E-state index in [1.807, 2.05) is 31.6 Å². The maximum Gasteiger partial charge on any atom is 0.410 e. The second kappa shape index (κ2) is 8.11. The number of benzene rings is 1. The van der Waals surface area contributed by atoms with E-state index in [1.54, 1.807) is 29.3 Å². The summed E-state index contributed by atoms with van der Waals surface area (Å²) < 4.78 is 13.1. The van der Waals surface area contributed by atoms with Crippen molar-refractivity contribution in [2.75, 3.05) is 13.1 Å². The van der Waals surface area contributed by atoms with Crippen LogP contribution in [0.5, 0.6) is 11.5 Å². The molecule has 2 heterocycles. The molecule has 8 heteroatoms. The zero-order valence-electron chi connectivity index (χ0n) is 16.2. The topological polar surface area (TPSA) is 80.4 Å². The van der Waals surface area contributed by atoms with E-state index in [9.17, 15) is 10.1 Å². The van der Waals surface area contributed by atoms with Gasteiger partial charge >= 0.3 is 6.09 Å². The van der Waals surface area contributed by atoms with E-state index in [2.05, 4.69) is 11.2 Å². The Morgan fingerprint density at radius 3 is 2.68 bits per heavy atom. The monoisotopic (exact) mass is 402 g/mol. The quantitative estimate of drug-likeness (QED) is 0.738. The standard InChI is InChI=1S/C20H23ClN4O3/c1-20(2,3)28-19(26)24-8-6-16(7-9-24)25-13-17(12-23-25)27-18-5-4-15(21)10-14(18)11-22/h4-5,10,12-13,16H,6-9H2,1-3H3. The van der Waals surface area contributed by atoms with E-state index in [0.29, 0.717) is 35.2 Å². The predicted octanol–water partition coefficient (Wildman–Crippen LogP) is 4.77. The molecular weight excluding hydrogens is 380 g/mol. The van der Waals surface area contributed by atoms with Crippen molar-refractivity contribution in [2.45, 2.75) is 45.3 Å². The fourth-order valence-electron chi connectivity index (χ4n) is 3.02. The highest BCUT2D eigenvalue weighted by atomic mass is 35.5. The highest BCUT2D eigenvalue weighted by molar-refractivity contribution is 6.30. The first-order chi connectivity index (χ1) is 13.2. The first kappa shape index (κ1) is 20.0. The Bertz CT molecular complexity index is 890. The Morgan fingerprint density at radius 1 is 1.32 bits per heavy atom. The van der Waals surface area contributed by atoms with Gasteiger partial charge in [-0.25, -0.2) is 4.79 Å². The van der Waals surface area contributed by atoms with Crippen molar-refractivity contribution in [3.05, 3.63) is 41.2 Å². The van der Waals surface area contributed by atoms with Crippen LogP contribution in [-0.4, -0.2) is 39.5 Å². The summed E-state index contributed by atoms with van der Waals surface area (Å²) in [7, 11) is 0. The predicted molar refractivity (Wildman–Crippen MR) is 105 cm³/mol. The number of ether oxygens (including phenoxy) is 2. The SMILES string of the molecule is CC(C)(C)OC(=O)N1CCC(n2cc(Oc3ccc(Cl)cc3C#N)cn2)CC1. The van der Waals surface area contributed by atoms with Gasteiger partial charge in [-0.15, -0.1) is 0 Å². The smallest absolute Gasteiger partial charge is 0.410 e. The number of nitriles is 1. The number of carbonyl (C=O) groups excluding carboxylic acids is 1. The summed E-state index contributed by atoms with van der Waals surface area (Å²) >= 11 is 5.91. The summed E-state index contributed by atoms with van der Waals surface area (Å²) in [6.45, 7) is 6.82. The number of likely N-dealkylation sites (tertiary alicyclic amines) is 1. The zero-order valence-corrected chi connectivity index (χ0v) is 16.9. The number of halogens is 1. The van der Waals surface area contributed by atoms with Crippen molar-refractivity contribution in [1.82, 2.24) is 14.7 Å². The van der Waals surface area contributed by atoms with Crippen LogP contribution in [0.25, 0.3) is 0 Å². The van der Waals surface area contributed by atoms with Crippen LogP contribution in [0.4, 0.5) is 4.79 Å². The number of aromatic nitrogens is 2. The van der Waals surface area contributed by atoms with Gasteiger partial charge in [0.15, 0.2) is 5.75 Å². The number of nitrogens with zero attached hydrogens (tertiary/aromatic N) is 4. The van der Waals surface area contributed by atoms with Gasteiger partial charge in [0, 0.05) is 18.1 Å². The third-order valence-corrected chi connectivity index (χ3v) is 4.59. The molecule has 1 saturated heterocycles. The van der Waals surface area contributed by atoms with E-state index < -0.39 is 5.60 Å². The molecule has 0 atom stereocenters. The van der Waals surface area contributed by atoms with Gasteiger partial charge in [0.25, 0.3) is 0 Å². The van der Waals surface area contributed by atoms with E-state index in [4.69, 9.17) is 21.1 Å². The highest BCUT2D eigenvalue weighted by Crippen LogP contribution is 2.29. The van der Waals surface area contributed by atoms with E-state index in [0.717, 1.165) is 12.8 Å². The van der Waals surface area contributed by atoms with Gasteiger partial charge in [-0.3, -0.25) is 4.68 Å². The second-order valence-corrected chi connectivity index (χ2v) is 8.15. The summed E-state index contributed by atoms with van der Waals surface area (Å²) in [5, 5.41) is 14.1. The number of hydrogen-bond acceptors (Lipinski definition) is 5. The second-order valence-electron chi connectivity index (χ2n) is 7.71. The minimum Gasteiger partial charge on any atom is -0.453 e. The Balaban J connectivity index is 1.60. The maximum absolute atomic E-state index is 12.2. The lowest BCUT2D eigenvalue weighted by Crippen LogP contribution is -2.42. The largest absolute Gasteiger partial charge is 0.453 e. The fraction of sp³-hybridized carbons (Fsp3) is 0.450. The fourth-order valence-corrected chi connectivity index (χ4v) is 3.19. The summed E-state index contributed by atoms with van der Waals surface area (Å²) in [5.74, 6) is 0.986. The number of amides is 1. The molecule has 0 unspecified atom stereocenters. The van der Waals surface area contributed by atoms with Crippen molar-refractivity contribution in [1.29, 1.82) is 5.26 Å². The van der Waals surface area contributed by atoms with Crippen LogP contribution < -0.4 is 4.74 Å². The molecule has 0 bridgehead atoms. The Kier molecular flexibility index (Phi) is 5.80. The molecular formula is C20H23ClN4O3. The Hall–Kier alpha value is -2.72. The van der Waals surface area contributed by atoms with Gasteiger partial charge in [-0.1, -0.05) is 11.6 Å². The molecule has 1 aromatic heterocycles. The Labute approximate surface area is 169 Å². The van der Waals surface area contributed by atoms with Crippen molar-refractivity contribution < 1.29 is 14.3 Å². The molecule has 0 spiro atoms. The highest BCUT2D eigenvalue weighted by Gasteiger charge is 2.28. The molecule has 0 N–H and O–H groups in total. The molecule has 0 aliphatic carbocycles. The summed E-state index contributed by atoms with van der Waals surface area (Å²) in [4.78, 5) is 13.9. The average molecular weight is 403 g/mol. The van der Waals surface area contributed by atoms with Crippen LogP contribution in [0.3, 0.4) is 0 Å². The lowest BCUT2D eigenvalue weighted by molar-refractivity contribution is 0.0184. The average Bonchev–Trinajstić information content (AvgIpc) is 3.10. The van der Waals surface area contributed by atoms with Crippen molar-refractivity contribution in [3.8, 4) is 17.6 Å². The van der Waals surface area contributed by atoms with Gasteiger partial charge in [-0.05, 0) is 51.8 Å². The van der Waals surface area contributed by atoms with Gasteiger partial charge in [0.1, 0.15) is 17.4 Å². The third kappa shape index (κ3) is 4.96. The molecule has 3 rings (SSSR count). The molecule has 1 fully saturated rings. The van der Waals surface area contributed by atoms with Crippen LogP contribution in [0.15, 0.2) is 30.6 Å². The normalized spacial score (nSPS) is 15.2. The summed E-state index contributed by atoms with van der Waals surface area (Å²) in [5.41, 5.74) is -0.127. The van der Waals surface area contributed by atoms with E-state index >= 15 is 0 Å². The van der Waals surface area contributed by atoms with Gasteiger partial charge in [-0.2, -0.15) is 10.4 Å². The Morgan fingerprint density at radius 2 is 2.04 bits per heavy atom. The molecule has 148 valence electrons. The van der Waals surface area contributed by atoms with Gasteiger partial charge in [0.2, 0.25) is 0 Å². The van der Waals surface area contributed by atoms with Crippen molar-refractivity contribution in [2.24, 2.45) is 0 Å². The summed E-state index contributed by atoms with van der Waals surface area (Å²) in [6, 6.07) is 7.15. The molecule has 0 radical (unpaired) electrons. The number of rotatable bonds is 3. The van der Waals surface area contributed by atoms with Crippen LogP contribution in [-0.2, 0) is 4.74 Å². The van der Waals surface area contributed by atoms with Crippen LogP contribution >= 0.6 is 11.6 Å². The molecule has 1 aromatic carbocycles. The zero-order chi connectivity index (χ0) is 20.3. The lowest BCUT2D eigenvalue weighted by atomic mass is 10.1. The van der Waals surface area contributed by atoms with Crippen molar-refractivity contribution in [3.63, 3.8) is 0 Å². The molecule has 1 aliphatic rings. The molecule has 28 heavy (non-hydrogen) atoms. The number of hydrogen-bond donors (Lipinski definition) is 0. The summed E-state index contributed by atoms with van der Waals surface area (Å²) in [6.07, 6.45) is 4.72. The van der Waals surface area contributed by atoms with Gasteiger partial charge in [0.05, 0.1) is 24.0 Å². The number of carbonyl (C=O) groups is 1. The van der Waals surface area contributed by atoms with E-state index in [1.165, 1.54) is 0 Å². The van der Waals surface area contributed by atoms with Crippen LogP contribution in [0, 0.1) is 11.3 Å². The molecule has 2 aromatic rings. The third-order valence-electron chi connectivity index (χ3n) is 4.36. The lowest BCUT2D eigenvalue weighted by Gasteiger charge is -2.33. The molecule has 7 nitrogen and oxygen atoms in total. The molecule has 0 saturated carbocycles. The minimum absolute atomic E-state index is 0.177. The van der Waals surface area contributed by atoms with E-state index in [-0.39, 0.29) is 12.1 Å². The molecule has 1 amide bonds. The number of piperidine rings is 1. The van der Waals surface area contributed by atoms with Gasteiger partial charge < -0.3 is 14.4 Å². The molecule has 1 aliphatic heterocycles. The van der Waals surface area contributed by atoms with Crippen LogP contribution in [0.1, 0.15) is 45.2 Å². The van der Waals surface area contributed by atoms with Crippen molar-refractivity contribution >= 4 is 17.7 Å².